The van der Waals surface area contributed by atoms with Crippen LogP contribution in [0.1, 0.15) is 12.8 Å². The summed E-state index contributed by atoms with van der Waals surface area (Å²) >= 11 is 0. The van der Waals surface area contributed by atoms with Gasteiger partial charge in [-0.3, -0.25) is 4.68 Å². The molecule has 0 radical (unpaired) electrons. The zero-order chi connectivity index (χ0) is 28.4. The van der Waals surface area contributed by atoms with Crippen molar-refractivity contribution in [1.29, 1.82) is 0 Å². The molecule has 210 valence electrons. The topological polar surface area (TPSA) is 107 Å². The van der Waals surface area contributed by atoms with Crippen LogP contribution in [0.2, 0.25) is 0 Å². The summed E-state index contributed by atoms with van der Waals surface area (Å²) in [6, 6.07) is 4.98. The molecule has 1 saturated heterocycles. The lowest BCUT2D eigenvalue weighted by Crippen LogP contribution is -2.43. The van der Waals surface area contributed by atoms with Crippen molar-refractivity contribution < 1.29 is 26.7 Å². The molecule has 0 aliphatic carbocycles. The van der Waals surface area contributed by atoms with Gasteiger partial charge < -0.3 is 20.7 Å². The Bertz CT molecular complexity index is 1510. The highest BCUT2D eigenvalue weighted by Crippen LogP contribution is 2.35. The van der Waals surface area contributed by atoms with Gasteiger partial charge in [0.2, 0.25) is 0 Å². The third-order valence-electron chi connectivity index (χ3n) is 6.34. The maximum Gasteiger partial charge on any atom is 0.408 e. The normalized spacial score (nSPS) is 15.8. The van der Waals surface area contributed by atoms with Gasteiger partial charge in [-0.1, -0.05) is 0 Å². The van der Waals surface area contributed by atoms with Gasteiger partial charge in [-0.25, -0.2) is 23.7 Å². The fourth-order valence-corrected chi connectivity index (χ4v) is 4.61. The van der Waals surface area contributed by atoms with Crippen LogP contribution in [0.4, 0.5) is 39.3 Å². The molecule has 14 heteroatoms. The minimum Gasteiger partial charge on any atom is -0.496 e. The third kappa shape index (κ3) is 6.11. The monoisotopic (exact) mass is 560 g/mol. The van der Waals surface area contributed by atoms with Crippen molar-refractivity contribution in [1.82, 2.24) is 24.7 Å². The molecule has 3 N–H and O–H groups in total. The van der Waals surface area contributed by atoms with E-state index in [9.17, 15) is 22.0 Å². The van der Waals surface area contributed by atoms with Crippen LogP contribution >= 0.6 is 0 Å². The number of pyridine rings is 1. The molecule has 4 aromatic rings. The van der Waals surface area contributed by atoms with E-state index in [0.717, 1.165) is 23.6 Å². The molecular formula is C26H25F5N8O. The number of nitrogens with two attached hydrogens (primary N) is 1. The van der Waals surface area contributed by atoms with E-state index in [0.29, 0.717) is 41.8 Å². The second-order valence-corrected chi connectivity index (χ2v) is 9.33. The number of anilines is 3. The number of nitrogens with zero attached hydrogens (tertiary/aromatic N) is 6. The van der Waals surface area contributed by atoms with Gasteiger partial charge in [0.05, 0.1) is 18.9 Å². The van der Waals surface area contributed by atoms with E-state index in [1.807, 2.05) is 0 Å². The molecule has 0 spiro atoms. The molecule has 9 nitrogen and oxygen atoms in total. The van der Waals surface area contributed by atoms with E-state index in [1.54, 1.807) is 12.1 Å². The first-order valence-corrected chi connectivity index (χ1v) is 12.3. The Balaban J connectivity index is 1.49. The van der Waals surface area contributed by atoms with Gasteiger partial charge in [0.25, 0.3) is 0 Å². The number of aromatic nitrogens is 5. The van der Waals surface area contributed by atoms with Gasteiger partial charge in [0.1, 0.15) is 35.6 Å². The number of piperidine rings is 1. The number of halogens is 5. The fourth-order valence-electron chi connectivity index (χ4n) is 4.61. The second kappa shape index (κ2) is 11.0. The molecule has 1 fully saturated rings. The van der Waals surface area contributed by atoms with Crippen LogP contribution in [-0.4, -0.2) is 57.1 Å². The van der Waals surface area contributed by atoms with E-state index in [-0.39, 0.29) is 29.0 Å². The van der Waals surface area contributed by atoms with Crippen molar-refractivity contribution in [2.75, 3.05) is 30.4 Å². The lowest BCUT2D eigenvalue weighted by Gasteiger charge is -2.34. The Kier molecular flexibility index (Phi) is 7.52. The minimum absolute atomic E-state index is 0.0322. The largest absolute Gasteiger partial charge is 0.496 e. The Morgan fingerprint density at radius 2 is 1.95 bits per heavy atom. The first kappa shape index (κ1) is 27.2. The third-order valence-corrected chi connectivity index (χ3v) is 6.34. The number of hydrogen-bond acceptors (Lipinski definition) is 8. The summed E-state index contributed by atoms with van der Waals surface area (Å²) < 4.78 is 72.9. The average Bonchev–Trinajstić information content (AvgIpc) is 3.35. The molecule has 40 heavy (non-hydrogen) atoms. The zero-order valence-corrected chi connectivity index (χ0v) is 21.3. The minimum atomic E-state index is -4.41. The van der Waals surface area contributed by atoms with E-state index in [1.165, 1.54) is 31.9 Å². The maximum absolute atomic E-state index is 14.6. The quantitative estimate of drug-likeness (QED) is 0.307. The molecule has 4 heterocycles. The highest BCUT2D eigenvalue weighted by Gasteiger charge is 2.29. The number of rotatable bonds is 7. The maximum atomic E-state index is 14.6. The molecule has 0 unspecified atom stereocenters. The van der Waals surface area contributed by atoms with E-state index in [2.05, 4.69) is 30.3 Å². The van der Waals surface area contributed by atoms with Crippen LogP contribution in [-0.2, 0) is 6.54 Å². The molecule has 0 bridgehead atoms. The van der Waals surface area contributed by atoms with Crippen LogP contribution in [0.25, 0.3) is 22.5 Å². The number of benzene rings is 1. The second-order valence-electron chi connectivity index (χ2n) is 9.33. The van der Waals surface area contributed by atoms with Crippen LogP contribution in [0, 0.1) is 11.6 Å². The van der Waals surface area contributed by atoms with Crippen molar-refractivity contribution in [3.8, 4) is 28.3 Å². The van der Waals surface area contributed by atoms with Gasteiger partial charge in [-0.05, 0) is 18.9 Å². The van der Waals surface area contributed by atoms with Gasteiger partial charge in [-0.15, -0.1) is 0 Å². The Morgan fingerprint density at radius 3 is 2.70 bits per heavy atom. The molecule has 1 atom stereocenters. The van der Waals surface area contributed by atoms with Crippen LogP contribution in [0.15, 0.2) is 49.1 Å². The molecule has 0 amide bonds. The summed E-state index contributed by atoms with van der Waals surface area (Å²) in [7, 11) is 1.28. The number of nitrogens with one attached hydrogen (secondary N) is 1. The van der Waals surface area contributed by atoms with Gasteiger partial charge >= 0.3 is 6.18 Å². The van der Waals surface area contributed by atoms with Gasteiger partial charge in [0, 0.05) is 72.7 Å². The van der Waals surface area contributed by atoms with E-state index in [4.69, 9.17) is 10.5 Å². The first-order chi connectivity index (χ1) is 19.1. The fraction of sp³-hybridized carbons (Fsp3) is 0.308. The predicted molar refractivity (Wildman–Crippen MR) is 138 cm³/mol. The molecule has 1 aliphatic heterocycles. The summed E-state index contributed by atoms with van der Waals surface area (Å²) in [5.74, 6) is -1.13. The van der Waals surface area contributed by atoms with Crippen molar-refractivity contribution in [2.45, 2.75) is 31.6 Å². The van der Waals surface area contributed by atoms with Crippen molar-refractivity contribution in [2.24, 2.45) is 5.73 Å². The number of ether oxygens (including phenoxy) is 1. The highest BCUT2D eigenvalue weighted by atomic mass is 19.4. The highest BCUT2D eigenvalue weighted by molar-refractivity contribution is 5.80. The zero-order valence-electron chi connectivity index (χ0n) is 21.3. The molecule has 0 saturated carbocycles. The lowest BCUT2D eigenvalue weighted by atomic mass is 10.0. The van der Waals surface area contributed by atoms with Gasteiger partial charge in [-0.2, -0.15) is 18.3 Å². The summed E-state index contributed by atoms with van der Waals surface area (Å²) in [4.78, 5) is 15.0. The SMILES string of the molecule is COc1cc(F)cc(F)c1-c1nccc(Nc2cc(N3CCC[C@H](N)C3)c(-c3cnn(CC(F)(F)F)c3)cn2)n1. The molecule has 1 aromatic carbocycles. The summed E-state index contributed by atoms with van der Waals surface area (Å²) in [6.45, 7) is 0.0377. The van der Waals surface area contributed by atoms with Gasteiger partial charge in [0.15, 0.2) is 5.82 Å². The van der Waals surface area contributed by atoms with Crippen molar-refractivity contribution in [3.05, 3.63) is 60.7 Å². The van der Waals surface area contributed by atoms with E-state index < -0.39 is 24.4 Å². The van der Waals surface area contributed by atoms with Crippen LogP contribution in [0.3, 0.4) is 0 Å². The standard InChI is InChI=1S/C26H25F5N8O/c1-40-21-8-16(27)7-19(28)24(21)25-33-5-4-22(37-25)36-23-9-20(38-6-2-3-17(32)13-38)18(11-34-23)15-10-35-39(12-15)14-26(29,30)31/h4-5,7-12,17H,2-3,6,13-14,32H2,1H3,(H,33,34,36,37)/t17-/m0/s1. The van der Waals surface area contributed by atoms with Crippen LogP contribution < -0.4 is 20.7 Å². The molecule has 1 aliphatic rings. The Hall–Kier alpha value is -4.33. The number of hydrogen-bond donors (Lipinski definition) is 2. The number of alkyl halides is 3. The lowest BCUT2D eigenvalue weighted by molar-refractivity contribution is -0.142. The molecule has 5 rings (SSSR count). The summed E-state index contributed by atoms with van der Waals surface area (Å²) in [5.41, 5.74) is 7.88. The van der Waals surface area contributed by atoms with E-state index >= 15 is 0 Å². The van der Waals surface area contributed by atoms with Crippen molar-refractivity contribution in [3.63, 3.8) is 0 Å². The summed E-state index contributed by atoms with van der Waals surface area (Å²) in [5, 5.41) is 6.92. The Labute approximate surface area is 225 Å². The summed E-state index contributed by atoms with van der Waals surface area (Å²) in [6.07, 6.45) is 2.93. The van der Waals surface area contributed by atoms with Crippen molar-refractivity contribution >= 4 is 17.3 Å². The smallest absolute Gasteiger partial charge is 0.408 e. The van der Waals surface area contributed by atoms with Crippen LogP contribution in [0.5, 0.6) is 5.75 Å². The average molecular weight is 561 g/mol. The number of methoxy groups -OCH3 is 1. The molecular weight excluding hydrogens is 535 g/mol. The predicted octanol–water partition coefficient (Wildman–Crippen LogP) is 4.92. The molecule has 3 aromatic heterocycles. The Morgan fingerprint density at radius 1 is 1.12 bits per heavy atom. The first-order valence-electron chi connectivity index (χ1n) is 12.3.